The lowest BCUT2D eigenvalue weighted by molar-refractivity contribution is -0.129. The van der Waals surface area contributed by atoms with Gasteiger partial charge in [-0.2, -0.15) is 0 Å². The first-order valence-corrected chi connectivity index (χ1v) is 8.90. The SMILES string of the molecule is CCCN1C(=O)C(O)=C(C(=O)c2sc(C)nc2C)C1c1cccnc1. The van der Waals surface area contributed by atoms with E-state index in [4.69, 9.17) is 0 Å². The molecule has 0 aliphatic carbocycles. The van der Waals surface area contributed by atoms with Gasteiger partial charge in [0.05, 0.1) is 27.2 Å². The summed E-state index contributed by atoms with van der Waals surface area (Å²) in [6, 6.07) is 2.93. The number of hydrogen-bond acceptors (Lipinski definition) is 6. The number of rotatable bonds is 5. The van der Waals surface area contributed by atoms with Crippen molar-refractivity contribution < 1.29 is 14.7 Å². The van der Waals surface area contributed by atoms with E-state index in [1.165, 1.54) is 16.2 Å². The van der Waals surface area contributed by atoms with Crippen LogP contribution in [0.2, 0.25) is 0 Å². The highest BCUT2D eigenvalue weighted by Crippen LogP contribution is 2.39. The second kappa shape index (κ2) is 6.76. The summed E-state index contributed by atoms with van der Waals surface area (Å²) in [6.07, 6.45) is 3.97. The fourth-order valence-electron chi connectivity index (χ4n) is 3.11. The molecule has 3 rings (SSSR count). The van der Waals surface area contributed by atoms with Crippen LogP contribution in [-0.2, 0) is 4.79 Å². The van der Waals surface area contributed by atoms with Crippen LogP contribution >= 0.6 is 11.3 Å². The van der Waals surface area contributed by atoms with Crippen molar-refractivity contribution in [1.82, 2.24) is 14.9 Å². The summed E-state index contributed by atoms with van der Waals surface area (Å²) in [7, 11) is 0. The zero-order valence-electron chi connectivity index (χ0n) is 14.3. The molecule has 3 heterocycles. The highest BCUT2D eigenvalue weighted by Gasteiger charge is 2.44. The first-order chi connectivity index (χ1) is 12.0. The summed E-state index contributed by atoms with van der Waals surface area (Å²) in [4.78, 5) is 36.0. The van der Waals surface area contributed by atoms with Gasteiger partial charge >= 0.3 is 0 Å². The van der Waals surface area contributed by atoms with Crippen molar-refractivity contribution in [1.29, 1.82) is 0 Å². The Bertz CT molecular complexity index is 858. The van der Waals surface area contributed by atoms with Crippen LogP contribution in [0.5, 0.6) is 0 Å². The topological polar surface area (TPSA) is 83.4 Å². The van der Waals surface area contributed by atoms with Crippen molar-refractivity contribution >= 4 is 23.0 Å². The highest BCUT2D eigenvalue weighted by molar-refractivity contribution is 7.14. The maximum atomic E-state index is 13.1. The van der Waals surface area contributed by atoms with Crippen molar-refractivity contribution in [3.05, 3.63) is 57.0 Å². The minimum Gasteiger partial charge on any atom is -0.503 e. The van der Waals surface area contributed by atoms with Gasteiger partial charge < -0.3 is 10.0 Å². The van der Waals surface area contributed by atoms with Crippen LogP contribution in [-0.4, -0.2) is 38.2 Å². The maximum Gasteiger partial charge on any atom is 0.290 e. The summed E-state index contributed by atoms with van der Waals surface area (Å²) in [5, 5.41) is 11.2. The summed E-state index contributed by atoms with van der Waals surface area (Å²) in [6.45, 7) is 5.97. The number of aliphatic hydroxyl groups is 1. The van der Waals surface area contributed by atoms with Crippen molar-refractivity contribution in [2.45, 2.75) is 33.2 Å². The number of carbonyl (C=O) groups excluding carboxylic acids is 2. The smallest absolute Gasteiger partial charge is 0.290 e. The molecule has 130 valence electrons. The molecule has 1 unspecified atom stereocenters. The van der Waals surface area contributed by atoms with Gasteiger partial charge in [-0.25, -0.2) is 4.98 Å². The Morgan fingerprint density at radius 3 is 2.72 bits per heavy atom. The number of carbonyl (C=O) groups is 2. The molecule has 1 aliphatic rings. The largest absolute Gasteiger partial charge is 0.503 e. The van der Waals surface area contributed by atoms with Crippen LogP contribution in [0.1, 0.15) is 45.3 Å². The number of amides is 1. The summed E-state index contributed by atoms with van der Waals surface area (Å²) < 4.78 is 0. The lowest BCUT2D eigenvalue weighted by Gasteiger charge is -2.26. The molecule has 0 radical (unpaired) electrons. The van der Waals surface area contributed by atoms with Crippen molar-refractivity contribution in [3.8, 4) is 0 Å². The quantitative estimate of drug-likeness (QED) is 0.831. The van der Waals surface area contributed by atoms with Gasteiger partial charge in [0.2, 0.25) is 5.78 Å². The zero-order valence-corrected chi connectivity index (χ0v) is 15.1. The van der Waals surface area contributed by atoms with Crippen molar-refractivity contribution in [2.75, 3.05) is 6.54 Å². The number of pyridine rings is 1. The number of hydrogen-bond donors (Lipinski definition) is 1. The third kappa shape index (κ3) is 2.95. The number of aryl methyl sites for hydroxylation is 2. The van der Waals surface area contributed by atoms with E-state index in [0.717, 1.165) is 11.4 Å². The Morgan fingerprint density at radius 1 is 1.40 bits per heavy atom. The summed E-state index contributed by atoms with van der Waals surface area (Å²) in [5.74, 6) is -1.34. The van der Waals surface area contributed by atoms with Crippen LogP contribution in [0.3, 0.4) is 0 Å². The standard InChI is InChI=1S/C18H19N3O3S/c1-4-8-21-14(12-6-5-7-19-9-12)13(16(23)18(21)24)15(22)17-10(2)20-11(3)25-17/h5-7,9,14,23H,4,8H2,1-3H3. The minimum atomic E-state index is -0.629. The Hall–Kier alpha value is -2.54. The highest BCUT2D eigenvalue weighted by atomic mass is 32.1. The number of aliphatic hydroxyl groups excluding tert-OH is 1. The molecule has 0 spiro atoms. The molecule has 0 saturated carbocycles. The third-order valence-electron chi connectivity index (χ3n) is 4.12. The first kappa shape index (κ1) is 17.3. The van der Waals surface area contributed by atoms with Gasteiger partial charge in [-0.05, 0) is 31.9 Å². The molecule has 0 aromatic carbocycles. The van der Waals surface area contributed by atoms with Crippen LogP contribution in [0.4, 0.5) is 0 Å². The second-order valence-electron chi connectivity index (χ2n) is 5.93. The summed E-state index contributed by atoms with van der Waals surface area (Å²) >= 11 is 1.27. The molecule has 0 bridgehead atoms. The fraction of sp³-hybridized carbons (Fsp3) is 0.333. The van der Waals surface area contributed by atoms with E-state index in [2.05, 4.69) is 9.97 Å². The van der Waals surface area contributed by atoms with Crippen LogP contribution in [0.25, 0.3) is 0 Å². The molecule has 1 atom stereocenters. The Labute approximate surface area is 149 Å². The Balaban J connectivity index is 2.12. The maximum absolute atomic E-state index is 13.1. The number of Topliss-reactive ketones (excluding diaryl/α,β-unsaturated/α-hetero) is 1. The molecule has 6 nitrogen and oxygen atoms in total. The van der Waals surface area contributed by atoms with E-state index < -0.39 is 17.7 Å². The summed E-state index contributed by atoms with van der Waals surface area (Å²) in [5.41, 5.74) is 1.42. The Morgan fingerprint density at radius 2 is 2.16 bits per heavy atom. The molecular weight excluding hydrogens is 338 g/mol. The van der Waals surface area contributed by atoms with Gasteiger partial charge in [0.15, 0.2) is 5.76 Å². The van der Waals surface area contributed by atoms with E-state index >= 15 is 0 Å². The van der Waals surface area contributed by atoms with Crippen molar-refractivity contribution in [3.63, 3.8) is 0 Å². The molecule has 7 heteroatoms. The van der Waals surface area contributed by atoms with E-state index in [0.29, 0.717) is 22.7 Å². The molecule has 1 aliphatic heterocycles. The number of nitrogens with zero attached hydrogens (tertiary/aromatic N) is 3. The lowest BCUT2D eigenvalue weighted by Crippen LogP contribution is -2.31. The Kier molecular flexibility index (Phi) is 4.67. The molecule has 1 N–H and O–H groups in total. The van der Waals surface area contributed by atoms with Crippen LogP contribution < -0.4 is 0 Å². The van der Waals surface area contributed by atoms with Crippen LogP contribution in [0.15, 0.2) is 35.9 Å². The first-order valence-electron chi connectivity index (χ1n) is 8.08. The van der Waals surface area contributed by atoms with Gasteiger partial charge in [0.1, 0.15) is 0 Å². The van der Waals surface area contributed by atoms with Crippen LogP contribution in [0, 0.1) is 13.8 Å². The molecular formula is C18H19N3O3S. The predicted octanol–water partition coefficient (Wildman–Crippen LogP) is 3.14. The monoisotopic (exact) mass is 357 g/mol. The van der Waals surface area contributed by atoms with Gasteiger partial charge in [-0.1, -0.05) is 13.0 Å². The predicted molar refractivity (Wildman–Crippen MR) is 94.6 cm³/mol. The molecule has 2 aromatic heterocycles. The number of ketones is 1. The van der Waals surface area contributed by atoms with Gasteiger partial charge in [0, 0.05) is 18.9 Å². The second-order valence-corrected chi connectivity index (χ2v) is 7.13. The van der Waals surface area contributed by atoms with E-state index in [-0.39, 0.29) is 11.4 Å². The third-order valence-corrected chi connectivity index (χ3v) is 5.19. The van der Waals surface area contributed by atoms with Crippen molar-refractivity contribution in [2.24, 2.45) is 0 Å². The van der Waals surface area contributed by atoms with Gasteiger partial charge in [-0.15, -0.1) is 11.3 Å². The van der Waals surface area contributed by atoms with Gasteiger partial charge in [0.25, 0.3) is 5.91 Å². The van der Waals surface area contributed by atoms with Gasteiger partial charge in [-0.3, -0.25) is 14.6 Å². The average molecular weight is 357 g/mol. The van der Waals surface area contributed by atoms with E-state index in [9.17, 15) is 14.7 Å². The molecule has 0 saturated heterocycles. The minimum absolute atomic E-state index is 0.109. The molecule has 25 heavy (non-hydrogen) atoms. The number of aromatic nitrogens is 2. The van der Waals surface area contributed by atoms with E-state index in [1.54, 1.807) is 25.4 Å². The lowest BCUT2D eigenvalue weighted by atomic mass is 9.96. The number of thiazole rings is 1. The molecule has 2 aromatic rings. The molecule has 1 amide bonds. The average Bonchev–Trinajstić information content (AvgIpc) is 3.06. The fourth-order valence-corrected chi connectivity index (χ4v) is 3.98. The van der Waals surface area contributed by atoms with E-state index in [1.807, 2.05) is 19.9 Å². The molecule has 0 fully saturated rings. The zero-order chi connectivity index (χ0) is 18.1. The normalized spacial score (nSPS) is 17.5.